The molecule has 3 rings (SSSR count). The quantitative estimate of drug-likeness (QED) is 0.697. The zero-order valence-electron chi connectivity index (χ0n) is 11.3. The Hall–Kier alpha value is -1.87. The molecule has 0 aliphatic rings. The van der Waals surface area contributed by atoms with Gasteiger partial charge in [0.05, 0.1) is 5.69 Å². The molecule has 1 N–H and O–H groups in total. The summed E-state index contributed by atoms with van der Waals surface area (Å²) in [7, 11) is 0. The van der Waals surface area contributed by atoms with E-state index in [1.54, 1.807) is 0 Å². The molecule has 3 heteroatoms. The van der Waals surface area contributed by atoms with Crippen LogP contribution in [0.25, 0.3) is 22.0 Å². The Labute approximate surface area is 125 Å². The lowest BCUT2D eigenvalue weighted by Gasteiger charge is -2.10. The molecule has 0 aliphatic carbocycles. The summed E-state index contributed by atoms with van der Waals surface area (Å²) in [5.41, 5.74) is 4.16. The number of benzene rings is 2. The zero-order chi connectivity index (χ0) is 14.3. The van der Waals surface area contributed by atoms with Crippen LogP contribution < -0.4 is 5.56 Å². The third kappa shape index (κ3) is 2.18. The van der Waals surface area contributed by atoms with Gasteiger partial charge < -0.3 is 4.98 Å². The van der Waals surface area contributed by atoms with Crippen molar-refractivity contribution in [2.45, 2.75) is 13.8 Å². The van der Waals surface area contributed by atoms with Crippen molar-refractivity contribution in [3.05, 3.63) is 68.4 Å². The molecule has 0 amide bonds. The Balaban J connectivity index is 2.37. The van der Waals surface area contributed by atoms with E-state index >= 15 is 0 Å². The van der Waals surface area contributed by atoms with E-state index in [1.807, 2.05) is 24.3 Å². The van der Waals surface area contributed by atoms with Gasteiger partial charge in [0.1, 0.15) is 0 Å². The van der Waals surface area contributed by atoms with Crippen molar-refractivity contribution < 1.29 is 0 Å². The topological polar surface area (TPSA) is 32.9 Å². The summed E-state index contributed by atoms with van der Waals surface area (Å²) < 4.78 is 0.928. The first-order chi connectivity index (χ1) is 9.56. The van der Waals surface area contributed by atoms with Gasteiger partial charge >= 0.3 is 0 Å². The molecule has 0 bridgehead atoms. The van der Waals surface area contributed by atoms with Gasteiger partial charge in [-0.25, -0.2) is 0 Å². The minimum atomic E-state index is -0.0574. The maximum Gasteiger partial charge on any atom is 0.256 e. The van der Waals surface area contributed by atoms with Crippen LogP contribution in [-0.4, -0.2) is 4.98 Å². The van der Waals surface area contributed by atoms with Crippen LogP contribution in [0.5, 0.6) is 0 Å². The minimum absolute atomic E-state index is 0.0574. The van der Waals surface area contributed by atoms with E-state index in [2.05, 4.69) is 53.0 Å². The molecule has 0 radical (unpaired) electrons. The predicted molar refractivity (Wildman–Crippen MR) is 87.2 cm³/mol. The van der Waals surface area contributed by atoms with Crippen molar-refractivity contribution in [3.63, 3.8) is 0 Å². The van der Waals surface area contributed by atoms with Crippen LogP contribution >= 0.6 is 15.9 Å². The Kier molecular flexibility index (Phi) is 3.22. The largest absolute Gasteiger partial charge is 0.320 e. The van der Waals surface area contributed by atoms with Gasteiger partial charge in [-0.1, -0.05) is 35.4 Å². The van der Waals surface area contributed by atoms with Crippen molar-refractivity contribution in [1.82, 2.24) is 4.98 Å². The second-order valence-electron chi connectivity index (χ2n) is 5.07. The number of hydrogen-bond donors (Lipinski definition) is 1. The number of rotatable bonds is 1. The lowest BCUT2D eigenvalue weighted by Crippen LogP contribution is -2.08. The summed E-state index contributed by atoms with van der Waals surface area (Å²) in [6, 6.07) is 13.9. The van der Waals surface area contributed by atoms with Gasteiger partial charge in [0.25, 0.3) is 5.56 Å². The molecule has 2 nitrogen and oxygen atoms in total. The fourth-order valence-electron chi connectivity index (χ4n) is 2.56. The third-order valence-electron chi connectivity index (χ3n) is 3.38. The third-order valence-corrected chi connectivity index (χ3v) is 4.20. The lowest BCUT2D eigenvalue weighted by molar-refractivity contribution is 1.25. The Bertz CT molecular complexity index is 844. The molecule has 0 spiro atoms. The van der Waals surface area contributed by atoms with Crippen LogP contribution in [0.3, 0.4) is 0 Å². The van der Waals surface area contributed by atoms with Crippen molar-refractivity contribution in [1.29, 1.82) is 0 Å². The van der Waals surface area contributed by atoms with E-state index in [1.165, 1.54) is 11.1 Å². The van der Waals surface area contributed by atoms with Crippen LogP contribution in [0.1, 0.15) is 11.1 Å². The summed E-state index contributed by atoms with van der Waals surface area (Å²) in [6.07, 6.45) is 0. The second kappa shape index (κ2) is 4.91. The zero-order valence-corrected chi connectivity index (χ0v) is 12.9. The molecule has 1 aromatic heterocycles. The van der Waals surface area contributed by atoms with Gasteiger partial charge in [0, 0.05) is 15.2 Å². The molecular formula is C17H14BrNO. The standard InChI is InChI=1S/C17H14BrNO/c1-10-7-11(2)9-12(8-10)16-15(18)13-5-3-4-6-14(13)17(20)19-16/h3-9H,1-2H3,(H,19,20). The highest BCUT2D eigenvalue weighted by molar-refractivity contribution is 9.10. The van der Waals surface area contributed by atoms with E-state index in [-0.39, 0.29) is 5.56 Å². The van der Waals surface area contributed by atoms with Crippen LogP contribution in [0, 0.1) is 13.8 Å². The predicted octanol–water partition coefficient (Wildman–Crippen LogP) is 4.57. The Morgan fingerprint density at radius 3 is 2.20 bits per heavy atom. The number of H-pyrrole nitrogens is 1. The smallest absolute Gasteiger partial charge is 0.256 e. The van der Waals surface area contributed by atoms with Gasteiger partial charge in [-0.15, -0.1) is 0 Å². The van der Waals surface area contributed by atoms with E-state index < -0.39 is 0 Å². The molecule has 0 atom stereocenters. The molecule has 0 saturated carbocycles. The van der Waals surface area contributed by atoms with E-state index in [9.17, 15) is 4.79 Å². The Morgan fingerprint density at radius 2 is 1.55 bits per heavy atom. The van der Waals surface area contributed by atoms with E-state index in [0.29, 0.717) is 5.39 Å². The first kappa shape index (κ1) is 13.1. The fraction of sp³-hybridized carbons (Fsp3) is 0.118. The number of halogens is 1. The number of nitrogens with one attached hydrogen (secondary N) is 1. The highest BCUT2D eigenvalue weighted by Gasteiger charge is 2.11. The Morgan fingerprint density at radius 1 is 0.950 bits per heavy atom. The number of aryl methyl sites for hydroxylation is 2. The molecular weight excluding hydrogens is 314 g/mol. The van der Waals surface area contributed by atoms with E-state index in [0.717, 1.165) is 21.1 Å². The molecule has 100 valence electrons. The monoisotopic (exact) mass is 327 g/mol. The normalized spacial score (nSPS) is 10.9. The summed E-state index contributed by atoms with van der Waals surface area (Å²) >= 11 is 3.63. The average Bonchev–Trinajstić information content (AvgIpc) is 2.42. The lowest BCUT2D eigenvalue weighted by atomic mass is 10.0. The van der Waals surface area contributed by atoms with Crippen LogP contribution in [0.2, 0.25) is 0 Å². The van der Waals surface area contributed by atoms with Gasteiger partial charge in [0.15, 0.2) is 0 Å². The molecule has 1 heterocycles. The average molecular weight is 328 g/mol. The van der Waals surface area contributed by atoms with Crippen LogP contribution in [0.15, 0.2) is 51.7 Å². The van der Waals surface area contributed by atoms with Crippen LogP contribution in [-0.2, 0) is 0 Å². The maximum atomic E-state index is 12.2. The van der Waals surface area contributed by atoms with Gasteiger partial charge in [-0.2, -0.15) is 0 Å². The molecule has 20 heavy (non-hydrogen) atoms. The van der Waals surface area contributed by atoms with Crippen molar-refractivity contribution in [2.24, 2.45) is 0 Å². The van der Waals surface area contributed by atoms with Gasteiger partial charge in [0.2, 0.25) is 0 Å². The number of pyridine rings is 1. The first-order valence-electron chi connectivity index (χ1n) is 6.45. The molecule has 2 aromatic carbocycles. The number of aromatic nitrogens is 1. The van der Waals surface area contributed by atoms with Crippen LogP contribution in [0.4, 0.5) is 0 Å². The summed E-state index contributed by atoms with van der Waals surface area (Å²) in [5, 5.41) is 1.64. The second-order valence-corrected chi connectivity index (χ2v) is 5.86. The fourth-order valence-corrected chi connectivity index (χ4v) is 3.23. The number of hydrogen-bond acceptors (Lipinski definition) is 1. The van der Waals surface area contributed by atoms with Crippen molar-refractivity contribution in [2.75, 3.05) is 0 Å². The van der Waals surface area contributed by atoms with Gasteiger partial charge in [-0.3, -0.25) is 4.79 Å². The summed E-state index contributed by atoms with van der Waals surface area (Å²) in [4.78, 5) is 15.2. The highest BCUT2D eigenvalue weighted by atomic mass is 79.9. The minimum Gasteiger partial charge on any atom is -0.320 e. The summed E-state index contributed by atoms with van der Waals surface area (Å²) in [5.74, 6) is 0. The van der Waals surface area contributed by atoms with Crippen molar-refractivity contribution in [3.8, 4) is 11.3 Å². The number of aromatic amines is 1. The molecule has 0 fully saturated rings. The molecule has 0 saturated heterocycles. The van der Waals surface area contributed by atoms with Crippen molar-refractivity contribution >= 4 is 26.7 Å². The maximum absolute atomic E-state index is 12.2. The summed E-state index contributed by atoms with van der Waals surface area (Å²) in [6.45, 7) is 4.12. The van der Waals surface area contributed by atoms with Gasteiger partial charge in [-0.05, 0) is 53.5 Å². The molecule has 0 aliphatic heterocycles. The highest BCUT2D eigenvalue weighted by Crippen LogP contribution is 2.31. The molecule has 3 aromatic rings. The van der Waals surface area contributed by atoms with E-state index in [4.69, 9.17) is 0 Å². The molecule has 0 unspecified atom stereocenters. The number of fused-ring (bicyclic) bond motifs is 1. The first-order valence-corrected chi connectivity index (χ1v) is 7.25. The SMILES string of the molecule is Cc1cc(C)cc(-c2[nH]c(=O)c3ccccc3c2Br)c1.